The van der Waals surface area contributed by atoms with Gasteiger partial charge >= 0.3 is 0 Å². The first kappa shape index (κ1) is 25.0. The summed E-state index contributed by atoms with van der Waals surface area (Å²) in [6, 6.07) is 12.2. The Labute approximate surface area is 193 Å². The van der Waals surface area contributed by atoms with Gasteiger partial charge in [0.1, 0.15) is 0 Å². The van der Waals surface area contributed by atoms with E-state index in [0.29, 0.717) is 29.1 Å². The first-order valence-electron chi connectivity index (χ1n) is 8.15. The van der Waals surface area contributed by atoms with Gasteiger partial charge in [0, 0.05) is 27.2 Å². The lowest BCUT2D eigenvalue weighted by Crippen LogP contribution is -2.38. The molecule has 2 aromatic rings. The molecular formula is C18H23Cl2IN4O2S. The van der Waals surface area contributed by atoms with Gasteiger partial charge in [0.2, 0.25) is 10.0 Å². The van der Waals surface area contributed by atoms with Gasteiger partial charge in [-0.1, -0.05) is 41.4 Å². The maximum atomic E-state index is 11.9. The average molecular weight is 557 g/mol. The molecule has 2 rings (SSSR count). The van der Waals surface area contributed by atoms with E-state index < -0.39 is 10.0 Å². The molecule has 2 N–H and O–H groups in total. The number of hydrogen-bond acceptors (Lipinski definition) is 3. The van der Waals surface area contributed by atoms with Crippen LogP contribution in [0, 0.1) is 0 Å². The molecule has 0 aliphatic rings. The van der Waals surface area contributed by atoms with Crippen molar-refractivity contribution in [3.8, 4) is 0 Å². The van der Waals surface area contributed by atoms with Crippen LogP contribution in [0.2, 0.25) is 10.0 Å². The van der Waals surface area contributed by atoms with E-state index in [1.54, 1.807) is 31.3 Å². The lowest BCUT2D eigenvalue weighted by atomic mass is 10.2. The fraction of sp³-hybridized carbons (Fsp3) is 0.278. The molecule has 0 heterocycles. The van der Waals surface area contributed by atoms with Crippen LogP contribution in [-0.4, -0.2) is 40.4 Å². The lowest BCUT2D eigenvalue weighted by Gasteiger charge is -2.22. The zero-order chi connectivity index (χ0) is 20.0. The van der Waals surface area contributed by atoms with Gasteiger partial charge in [-0.3, -0.25) is 4.99 Å². The minimum absolute atomic E-state index is 0. The van der Waals surface area contributed by atoms with Crippen molar-refractivity contribution < 1.29 is 8.42 Å². The van der Waals surface area contributed by atoms with E-state index in [1.165, 1.54) is 7.05 Å². The monoisotopic (exact) mass is 556 g/mol. The third-order valence-electron chi connectivity index (χ3n) is 3.91. The number of guanidine groups is 1. The second-order valence-corrected chi connectivity index (χ2v) is 8.56. The Hall–Kier alpha value is -1.07. The highest BCUT2D eigenvalue weighted by molar-refractivity contribution is 14.0. The molecule has 0 radical (unpaired) electrons. The number of hydrogen-bond donors (Lipinski definition) is 2. The van der Waals surface area contributed by atoms with E-state index in [2.05, 4.69) is 15.0 Å². The Morgan fingerprint density at radius 3 is 2.43 bits per heavy atom. The van der Waals surface area contributed by atoms with E-state index in [1.807, 2.05) is 30.1 Å². The predicted octanol–water partition coefficient (Wildman–Crippen LogP) is 3.73. The summed E-state index contributed by atoms with van der Waals surface area (Å²) in [7, 11) is 1.51. The molecule has 0 fully saturated rings. The van der Waals surface area contributed by atoms with Gasteiger partial charge in [0.05, 0.1) is 14.9 Å². The molecule has 0 aromatic heterocycles. The van der Waals surface area contributed by atoms with Crippen molar-refractivity contribution in [3.63, 3.8) is 0 Å². The van der Waals surface area contributed by atoms with Gasteiger partial charge in [-0.15, -0.1) is 24.0 Å². The summed E-state index contributed by atoms with van der Waals surface area (Å²) in [5.41, 5.74) is 1.83. The van der Waals surface area contributed by atoms with Crippen LogP contribution in [0.4, 0.5) is 0 Å². The summed E-state index contributed by atoms with van der Waals surface area (Å²) in [5.74, 6) is 0.669. The number of nitrogens with zero attached hydrogens (tertiary/aromatic N) is 2. The van der Waals surface area contributed by atoms with Gasteiger partial charge in [-0.2, -0.15) is 0 Å². The Morgan fingerprint density at radius 1 is 1.11 bits per heavy atom. The van der Waals surface area contributed by atoms with Crippen molar-refractivity contribution in [1.29, 1.82) is 0 Å². The van der Waals surface area contributed by atoms with E-state index in [9.17, 15) is 8.42 Å². The smallest absolute Gasteiger partial charge is 0.240 e. The number of halogens is 3. The van der Waals surface area contributed by atoms with Crippen LogP contribution in [0.15, 0.2) is 52.4 Å². The van der Waals surface area contributed by atoms with Crippen LogP contribution in [-0.2, 0) is 23.1 Å². The Bertz CT molecular complexity index is 939. The van der Waals surface area contributed by atoms with Crippen molar-refractivity contribution in [1.82, 2.24) is 14.9 Å². The molecule has 0 saturated heterocycles. The first-order valence-corrected chi connectivity index (χ1v) is 10.4. The molecule has 0 saturated carbocycles. The second kappa shape index (κ2) is 11.2. The molecule has 0 bridgehead atoms. The molecule has 10 heteroatoms. The van der Waals surface area contributed by atoms with Crippen LogP contribution < -0.4 is 10.0 Å². The third kappa shape index (κ3) is 6.77. The van der Waals surface area contributed by atoms with Crippen molar-refractivity contribution in [2.45, 2.75) is 18.0 Å². The Morgan fingerprint density at radius 2 is 1.82 bits per heavy atom. The van der Waals surface area contributed by atoms with Gasteiger partial charge < -0.3 is 10.2 Å². The molecule has 0 aliphatic heterocycles. The Balaban J connectivity index is 0.00000392. The van der Waals surface area contributed by atoms with Crippen LogP contribution in [0.1, 0.15) is 11.1 Å². The van der Waals surface area contributed by atoms with Crippen molar-refractivity contribution in [3.05, 3.63) is 63.6 Å². The fourth-order valence-corrected chi connectivity index (χ4v) is 3.61. The summed E-state index contributed by atoms with van der Waals surface area (Å²) < 4.78 is 26.2. The predicted molar refractivity (Wildman–Crippen MR) is 126 cm³/mol. The van der Waals surface area contributed by atoms with Crippen LogP contribution in [0.5, 0.6) is 0 Å². The number of aliphatic imine (C=N–C) groups is 1. The summed E-state index contributed by atoms with van der Waals surface area (Å²) in [6.45, 7) is 1.02. The minimum Gasteiger partial charge on any atom is -0.352 e. The molecule has 0 atom stereocenters. The molecule has 6 nitrogen and oxygen atoms in total. The Kier molecular flexibility index (Phi) is 9.99. The highest BCUT2D eigenvalue weighted by atomic mass is 127. The average Bonchev–Trinajstić information content (AvgIpc) is 2.65. The SMILES string of the molecule is CN=C(NCc1cccc(S(=O)(=O)NC)c1)N(C)Cc1ccc(Cl)c(Cl)c1.I. The van der Waals surface area contributed by atoms with Gasteiger partial charge in [-0.05, 0) is 42.4 Å². The molecule has 154 valence electrons. The van der Waals surface area contributed by atoms with E-state index in [4.69, 9.17) is 23.2 Å². The number of nitrogens with one attached hydrogen (secondary N) is 2. The molecule has 0 amide bonds. The molecule has 28 heavy (non-hydrogen) atoms. The number of rotatable bonds is 6. The summed E-state index contributed by atoms with van der Waals surface area (Å²) in [4.78, 5) is 6.43. The maximum Gasteiger partial charge on any atom is 0.240 e. The van der Waals surface area contributed by atoms with E-state index in [0.717, 1.165) is 11.1 Å². The molecule has 0 spiro atoms. The summed E-state index contributed by atoms with van der Waals surface area (Å²) in [5, 5.41) is 4.25. The first-order chi connectivity index (χ1) is 12.8. The summed E-state index contributed by atoms with van der Waals surface area (Å²) >= 11 is 12.0. The van der Waals surface area contributed by atoms with Crippen molar-refractivity contribution in [2.24, 2.45) is 4.99 Å². The number of benzene rings is 2. The normalized spacial score (nSPS) is 11.7. The zero-order valence-electron chi connectivity index (χ0n) is 15.7. The highest BCUT2D eigenvalue weighted by Gasteiger charge is 2.12. The maximum absolute atomic E-state index is 11.9. The van der Waals surface area contributed by atoms with Crippen molar-refractivity contribution in [2.75, 3.05) is 21.1 Å². The summed E-state index contributed by atoms with van der Waals surface area (Å²) in [6.07, 6.45) is 0. The van der Waals surface area contributed by atoms with Crippen LogP contribution >= 0.6 is 47.2 Å². The van der Waals surface area contributed by atoms with Crippen LogP contribution in [0.25, 0.3) is 0 Å². The fourth-order valence-electron chi connectivity index (χ4n) is 2.49. The molecule has 0 unspecified atom stereocenters. The van der Waals surface area contributed by atoms with Gasteiger partial charge in [0.15, 0.2) is 5.96 Å². The van der Waals surface area contributed by atoms with Crippen molar-refractivity contribution >= 4 is 63.2 Å². The largest absolute Gasteiger partial charge is 0.352 e. The van der Waals surface area contributed by atoms with Gasteiger partial charge in [0.25, 0.3) is 0 Å². The lowest BCUT2D eigenvalue weighted by molar-refractivity contribution is 0.476. The minimum atomic E-state index is -3.47. The van der Waals surface area contributed by atoms with E-state index in [-0.39, 0.29) is 28.9 Å². The van der Waals surface area contributed by atoms with E-state index >= 15 is 0 Å². The standard InChI is InChI=1S/C18H22Cl2N4O2S.HI/c1-21-18(24(3)12-14-7-8-16(19)17(20)10-14)23-11-13-5-4-6-15(9-13)27(25,26)22-2;/h4-10,22H,11-12H2,1-3H3,(H,21,23);1H. The molecular weight excluding hydrogens is 534 g/mol. The molecule has 0 aliphatic carbocycles. The highest BCUT2D eigenvalue weighted by Crippen LogP contribution is 2.23. The third-order valence-corrected chi connectivity index (χ3v) is 6.06. The quantitative estimate of drug-likeness (QED) is 0.323. The number of sulfonamides is 1. The zero-order valence-corrected chi connectivity index (χ0v) is 20.4. The van der Waals surface area contributed by atoms with Gasteiger partial charge in [-0.25, -0.2) is 13.1 Å². The second-order valence-electron chi connectivity index (χ2n) is 5.86. The van der Waals surface area contributed by atoms with Crippen LogP contribution in [0.3, 0.4) is 0 Å². The topological polar surface area (TPSA) is 73.8 Å². The molecule has 2 aromatic carbocycles.